The summed E-state index contributed by atoms with van der Waals surface area (Å²) < 4.78 is 10.9. The van der Waals surface area contributed by atoms with Crippen LogP contribution in [0.25, 0.3) is 11.5 Å². The van der Waals surface area contributed by atoms with Crippen LogP contribution >= 0.6 is 0 Å². The summed E-state index contributed by atoms with van der Waals surface area (Å²) in [5.41, 5.74) is 2.16. The van der Waals surface area contributed by atoms with E-state index in [2.05, 4.69) is 32.1 Å². The predicted molar refractivity (Wildman–Crippen MR) is 100 cm³/mol. The number of methoxy groups -OCH3 is 1. The maximum Gasteiger partial charge on any atom is 0.266 e. The van der Waals surface area contributed by atoms with Gasteiger partial charge in [-0.25, -0.2) is 0 Å². The van der Waals surface area contributed by atoms with Crippen molar-refractivity contribution >= 4 is 5.95 Å². The van der Waals surface area contributed by atoms with Crippen LogP contribution in [0.2, 0.25) is 0 Å². The molecule has 1 aliphatic heterocycles. The van der Waals surface area contributed by atoms with Crippen LogP contribution in [0.1, 0.15) is 5.56 Å². The third-order valence-electron chi connectivity index (χ3n) is 4.68. The highest BCUT2D eigenvalue weighted by Gasteiger charge is 2.22. The van der Waals surface area contributed by atoms with E-state index in [1.165, 1.54) is 5.56 Å². The summed E-state index contributed by atoms with van der Waals surface area (Å²) in [6.07, 6.45) is 0. The number of anilines is 1. The standard InChI is InChI=1S/C20H22N4O2/c1-25-18-10-6-5-9-17(18)15-23-11-13-24(14-12-23)20-21-19(26-22-20)16-7-3-2-4-8-16/h2-10H,11-15H2,1H3. The van der Waals surface area contributed by atoms with Crippen molar-refractivity contribution in [1.29, 1.82) is 0 Å². The Morgan fingerprint density at radius 1 is 0.962 bits per heavy atom. The van der Waals surface area contributed by atoms with Gasteiger partial charge in [0.05, 0.1) is 7.11 Å². The zero-order valence-electron chi connectivity index (χ0n) is 14.8. The van der Waals surface area contributed by atoms with Crippen molar-refractivity contribution in [3.8, 4) is 17.2 Å². The van der Waals surface area contributed by atoms with Gasteiger partial charge in [-0.3, -0.25) is 4.90 Å². The summed E-state index contributed by atoms with van der Waals surface area (Å²) in [5.74, 6) is 2.18. The maximum absolute atomic E-state index is 5.45. The number of benzene rings is 2. The summed E-state index contributed by atoms with van der Waals surface area (Å²) in [4.78, 5) is 9.15. The van der Waals surface area contributed by atoms with E-state index < -0.39 is 0 Å². The van der Waals surface area contributed by atoms with Gasteiger partial charge in [0.1, 0.15) is 5.75 Å². The molecular weight excluding hydrogens is 328 g/mol. The van der Waals surface area contributed by atoms with Crippen molar-refractivity contribution in [3.05, 3.63) is 60.2 Å². The second kappa shape index (κ2) is 7.58. The van der Waals surface area contributed by atoms with Gasteiger partial charge < -0.3 is 14.2 Å². The molecule has 26 heavy (non-hydrogen) atoms. The molecule has 0 atom stereocenters. The molecule has 2 aromatic carbocycles. The van der Waals surface area contributed by atoms with Crippen LogP contribution in [0.5, 0.6) is 5.75 Å². The molecule has 6 heteroatoms. The molecule has 3 aromatic rings. The summed E-state index contributed by atoms with van der Waals surface area (Å²) in [5, 5.41) is 4.15. The molecule has 0 unspecified atom stereocenters. The molecule has 1 saturated heterocycles. The summed E-state index contributed by atoms with van der Waals surface area (Å²) >= 11 is 0. The van der Waals surface area contributed by atoms with Crippen LogP contribution in [0.3, 0.4) is 0 Å². The van der Waals surface area contributed by atoms with E-state index in [0.717, 1.165) is 44.0 Å². The van der Waals surface area contributed by atoms with Gasteiger partial charge in [-0.1, -0.05) is 36.4 Å². The van der Waals surface area contributed by atoms with Crippen LogP contribution in [-0.4, -0.2) is 48.3 Å². The van der Waals surface area contributed by atoms with E-state index in [4.69, 9.17) is 9.26 Å². The molecule has 0 spiro atoms. The first-order chi connectivity index (χ1) is 12.8. The maximum atomic E-state index is 5.45. The van der Waals surface area contributed by atoms with Crippen molar-refractivity contribution in [3.63, 3.8) is 0 Å². The molecule has 0 radical (unpaired) electrons. The molecule has 1 aliphatic rings. The van der Waals surface area contributed by atoms with Crippen LogP contribution in [-0.2, 0) is 6.54 Å². The molecule has 0 bridgehead atoms. The number of aromatic nitrogens is 2. The molecule has 6 nitrogen and oxygen atoms in total. The zero-order chi connectivity index (χ0) is 17.8. The van der Waals surface area contributed by atoms with E-state index in [0.29, 0.717) is 11.8 Å². The monoisotopic (exact) mass is 350 g/mol. The SMILES string of the molecule is COc1ccccc1CN1CCN(c2noc(-c3ccccc3)n2)CC1. The molecule has 0 aliphatic carbocycles. The molecule has 0 saturated carbocycles. The van der Waals surface area contributed by atoms with Crippen molar-refractivity contribution in [2.24, 2.45) is 0 Å². The Kier molecular flexibility index (Phi) is 4.84. The van der Waals surface area contributed by atoms with Gasteiger partial charge in [-0.15, -0.1) is 0 Å². The first-order valence-corrected chi connectivity index (χ1v) is 8.82. The number of hydrogen-bond acceptors (Lipinski definition) is 6. The normalized spacial score (nSPS) is 15.2. The highest BCUT2D eigenvalue weighted by molar-refractivity contribution is 5.54. The molecular formula is C20H22N4O2. The fourth-order valence-electron chi connectivity index (χ4n) is 3.22. The average molecular weight is 350 g/mol. The van der Waals surface area contributed by atoms with Gasteiger partial charge in [0.15, 0.2) is 0 Å². The largest absolute Gasteiger partial charge is 0.496 e. The minimum Gasteiger partial charge on any atom is -0.496 e. The molecule has 134 valence electrons. The van der Waals surface area contributed by atoms with E-state index in [1.807, 2.05) is 42.5 Å². The Hall–Kier alpha value is -2.86. The first-order valence-electron chi connectivity index (χ1n) is 8.82. The van der Waals surface area contributed by atoms with Gasteiger partial charge in [0.2, 0.25) is 0 Å². The van der Waals surface area contributed by atoms with Gasteiger partial charge in [0, 0.05) is 43.9 Å². The van der Waals surface area contributed by atoms with Gasteiger partial charge in [0.25, 0.3) is 11.8 Å². The van der Waals surface area contributed by atoms with E-state index in [1.54, 1.807) is 7.11 Å². The predicted octanol–water partition coefficient (Wildman–Crippen LogP) is 3.07. The number of piperazine rings is 1. The molecule has 0 amide bonds. The number of rotatable bonds is 5. The Morgan fingerprint density at radius 2 is 1.69 bits per heavy atom. The van der Waals surface area contributed by atoms with Crippen molar-refractivity contribution < 1.29 is 9.26 Å². The second-order valence-electron chi connectivity index (χ2n) is 6.34. The molecule has 0 N–H and O–H groups in total. The van der Waals surface area contributed by atoms with Crippen LogP contribution in [0.4, 0.5) is 5.95 Å². The zero-order valence-corrected chi connectivity index (χ0v) is 14.8. The molecule has 1 fully saturated rings. The minimum atomic E-state index is 0.567. The number of para-hydroxylation sites is 1. The van der Waals surface area contributed by atoms with E-state index in [-0.39, 0.29) is 0 Å². The smallest absolute Gasteiger partial charge is 0.266 e. The van der Waals surface area contributed by atoms with Crippen LogP contribution < -0.4 is 9.64 Å². The molecule has 2 heterocycles. The Bertz CT molecular complexity index is 842. The number of hydrogen-bond donors (Lipinski definition) is 0. The summed E-state index contributed by atoms with van der Waals surface area (Å²) in [6, 6.07) is 18.0. The van der Waals surface area contributed by atoms with Crippen LogP contribution in [0.15, 0.2) is 59.1 Å². The van der Waals surface area contributed by atoms with Gasteiger partial charge >= 0.3 is 0 Å². The van der Waals surface area contributed by atoms with Crippen molar-refractivity contribution in [1.82, 2.24) is 15.0 Å². The lowest BCUT2D eigenvalue weighted by Crippen LogP contribution is -2.46. The lowest BCUT2D eigenvalue weighted by molar-refractivity contribution is 0.244. The fourth-order valence-corrected chi connectivity index (χ4v) is 3.22. The Morgan fingerprint density at radius 3 is 2.46 bits per heavy atom. The first kappa shape index (κ1) is 16.6. The quantitative estimate of drug-likeness (QED) is 0.705. The Balaban J connectivity index is 1.37. The lowest BCUT2D eigenvalue weighted by atomic mass is 10.1. The summed E-state index contributed by atoms with van der Waals surface area (Å²) in [6.45, 7) is 4.55. The molecule has 4 rings (SSSR count). The second-order valence-corrected chi connectivity index (χ2v) is 6.34. The third kappa shape index (κ3) is 3.55. The van der Waals surface area contributed by atoms with E-state index >= 15 is 0 Å². The number of nitrogens with zero attached hydrogens (tertiary/aromatic N) is 4. The van der Waals surface area contributed by atoms with Crippen LogP contribution in [0, 0.1) is 0 Å². The van der Waals surface area contributed by atoms with Crippen molar-refractivity contribution in [2.45, 2.75) is 6.54 Å². The fraction of sp³-hybridized carbons (Fsp3) is 0.300. The highest BCUT2D eigenvalue weighted by atomic mass is 16.5. The van der Waals surface area contributed by atoms with Gasteiger partial charge in [-0.2, -0.15) is 4.98 Å². The number of ether oxygens (including phenoxy) is 1. The lowest BCUT2D eigenvalue weighted by Gasteiger charge is -2.34. The molecule has 1 aromatic heterocycles. The van der Waals surface area contributed by atoms with Gasteiger partial charge in [-0.05, 0) is 23.4 Å². The average Bonchev–Trinajstić information content (AvgIpc) is 3.20. The highest BCUT2D eigenvalue weighted by Crippen LogP contribution is 2.22. The van der Waals surface area contributed by atoms with E-state index in [9.17, 15) is 0 Å². The topological polar surface area (TPSA) is 54.6 Å². The summed E-state index contributed by atoms with van der Waals surface area (Å²) in [7, 11) is 1.72. The third-order valence-corrected chi connectivity index (χ3v) is 4.68. The Labute approximate surface area is 153 Å². The minimum absolute atomic E-state index is 0.567. The van der Waals surface area contributed by atoms with Crippen molar-refractivity contribution in [2.75, 3.05) is 38.2 Å².